The Morgan fingerprint density at radius 3 is 2.43 bits per heavy atom. The molecule has 0 aliphatic rings. The lowest BCUT2D eigenvalue weighted by Gasteiger charge is -2.24. The molecule has 21 heavy (non-hydrogen) atoms. The highest BCUT2D eigenvalue weighted by molar-refractivity contribution is 5.87. The molecule has 2 rings (SSSR count). The van der Waals surface area contributed by atoms with E-state index >= 15 is 0 Å². The summed E-state index contributed by atoms with van der Waals surface area (Å²) >= 11 is 0. The number of amides is 1. The molecule has 1 N–H and O–H groups in total. The van der Waals surface area contributed by atoms with Gasteiger partial charge < -0.3 is 5.32 Å². The molecule has 0 atom stereocenters. The monoisotopic (exact) mass is 285 g/mol. The number of carbonyl (C=O) groups excluding carboxylic acids is 1. The summed E-state index contributed by atoms with van der Waals surface area (Å²) in [6.45, 7) is 5.91. The van der Waals surface area contributed by atoms with Gasteiger partial charge in [0.2, 0.25) is 5.91 Å². The molecular formula is C18H20FNO. The van der Waals surface area contributed by atoms with Crippen LogP contribution in [0.15, 0.2) is 48.5 Å². The van der Waals surface area contributed by atoms with Crippen LogP contribution in [0.4, 0.5) is 4.39 Å². The van der Waals surface area contributed by atoms with E-state index in [1.54, 1.807) is 19.1 Å². The summed E-state index contributed by atoms with van der Waals surface area (Å²) in [5.74, 6) is -0.273. The van der Waals surface area contributed by atoms with Crippen molar-refractivity contribution in [2.45, 2.75) is 32.7 Å². The summed E-state index contributed by atoms with van der Waals surface area (Å²) in [5.41, 5.74) is 1.85. The Balaban J connectivity index is 2.06. The van der Waals surface area contributed by atoms with Gasteiger partial charge in [0.25, 0.3) is 0 Å². The molecule has 0 aliphatic heterocycles. The largest absolute Gasteiger partial charge is 0.351 e. The highest BCUT2D eigenvalue weighted by Gasteiger charge is 2.29. The Hall–Kier alpha value is -2.16. The molecule has 2 nitrogen and oxygen atoms in total. The zero-order valence-corrected chi connectivity index (χ0v) is 12.6. The summed E-state index contributed by atoms with van der Waals surface area (Å²) < 4.78 is 13.2. The molecule has 0 saturated carbocycles. The van der Waals surface area contributed by atoms with Crippen molar-refractivity contribution in [3.05, 3.63) is 71.0 Å². The van der Waals surface area contributed by atoms with Crippen molar-refractivity contribution in [2.75, 3.05) is 0 Å². The van der Waals surface area contributed by atoms with Crippen LogP contribution < -0.4 is 5.32 Å². The second-order valence-electron chi connectivity index (χ2n) is 5.76. The van der Waals surface area contributed by atoms with E-state index < -0.39 is 5.41 Å². The maximum atomic E-state index is 13.2. The molecule has 0 aromatic heterocycles. The Morgan fingerprint density at radius 2 is 1.81 bits per heavy atom. The van der Waals surface area contributed by atoms with Crippen molar-refractivity contribution in [3.63, 3.8) is 0 Å². The molecule has 0 unspecified atom stereocenters. The van der Waals surface area contributed by atoms with Gasteiger partial charge in [-0.05, 0) is 43.5 Å². The molecule has 3 heteroatoms. The van der Waals surface area contributed by atoms with Gasteiger partial charge in [0.05, 0.1) is 5.41 Å². The average molecular weight is 285 g/mol. The van der Waals surface area contributed by atoms with Crippen LogP contribution in [0.5, 0.6) is 0 Å². The van der Waals surface area contributed by atoms with Gasteiger partial charge in [-0.25, -0.2) is 4.39 Å². The second kappa shape index (κ2) is 6.08. The molecular weight excluding hydrogens is 265 g/mol. The number of rotatable bonds is 4. The standard InChI is InChI=1S/C18H20FNO/c1-13-11-14(9-10-16(13)19)12-20-17(21)18(2,3)15-7-5-4-6-8-15/h4-11H,12H2,1-3H3,(H,20,21). The Labute approximate surface area is 125 Å². The topological polar surface area (TPSA) is 29.1 Å². The summed E-state index contributed by atoms with van der Waals surface area (Å²) in [5, 5.41) is 2.92. The molecule has 0 heterocycles. The van der Waals surface area contributed by atoms with Crippen LogP contribution in [0.25, 0.3) is 0 Å². The van der Waals surface area contributed by atoms with E-state index in [4.69, 9.17) is 0 Å². The predicted octanol–water partition coefficient (Wildman–Crippen LogP) is 3.73. The molecule has 110 valence electrons. The Bertz CT molecular complexity index is 635. The number of benzene rings is 2. The first-order chi connectivity index (χ1) is 9.91. The number of halogens is 1. The maximum absolute atomic E-state index is 13.2. The highest BCUT2D eigenvalue weighted by Crippen LogP contribution is 2.23. The van der Waals surface area contributed by atoms with Crippen molar-refractivity contribution in [1.82, 2.24) is 5.32 Å². The zero-order chi connectivity index (χ0) is 15.5. The molecule has 0 saturated heterocycles. The molecule has 0 bridgehead atoms. The lowest BCUT2D eigenvalue weighted by Crippen LogP contribution is -2.39. The van der Waals surface area contributed by atoms with E-state index in [1.807, 2.05) is 44.2 Å². The minimum Gasteiger partial charge on any atom is -0.351 e. The van der Waals surface area contributed by atoms with Crippen molar-refractivity contribution < 1.29 is 9.18 Å². The lowest BCUT2D eigenvalue weighted by molar-refractivity contribution is -0.125. The van der Waals surface area contributed by atoms with Gasteiger partial charge in [0.15, 0.2) is 0 Å². The maximum Gasteiger partial charge on any atom is 0.230 e. The van der Waals surface area contributed by atoms with E-state index in [0.717, 1.165) is 11.1 Å². The van der Waals surface area contributed by atoms with Gasteiger partial charge in [-0.2, -0.15) is 0 Å². The first-order valence-electron chi connectivity index (χ1n) is 7.00. The molecule has 1 amide bonds. The van der Waals surface area contributed by atoms with E-state index in [1.165, 1.54) is 6.07 Å². The fourth-order valence-electron chi connectivity index (χ4n) is 2.21. The van der Waals surface area contributed by atoms with Gasteiger partial charge in [-0.3, -0.25) is 4.79 Å². The zero-order valence-electron chi connectivity index (χ0n) is 12.6. The van der Waals surface area contributed by atoms with Gasteiger partial charge >= 0.3 is 0 Å². The molecule has 2 aromatic rings. The summed E-state index contributed by atoms with van der Waals surface area (Å²) in [6.07, 6.45) is 0. The normalized spacial score (nSPS) is 11.2. The minimum absolute atomic E-state index is 0.0457. The Kier molecular flexibility index (Phi) is 4.41. The van der Waals surface area contributed by atoms with E-state index in [9.17, 15) is 9.18 Å². The molecule has 0 radical (unpaired) electrons. The number of hydrogen-bond donors (Lipinski definition) is 1. The Morgan fingerprint density at radius 1 is 1.14 bits per heavy atom. The van der Waals surface area contributed by atoms with Crippen LogP contribution in [-0.2, 0) is 16.8 Å². The lowest BCUT2D eigenvalue weighted by atomic mass is 9.84. The van der Waals surface area contributed by atoms with Gasteiger partial charge in [-0.1, -0.05) is 42.5 Å². The summed E-state index contributed by atoms with van der Waals surface area (Å²) in [6, 6.07) is 14.5. The number of hydrogen-bond acceptors (Lipinski definition) is 1. The first kappa shape index (κ1) is 15.2. The molecule has 0 spiro atoms. The van der Waals surface area contributed by atoms with Crippen LogP contribution in [0.1, 0.15) is 30.5 Å². The smallest absolute Gasteiger partial charge is 0.230 e. The van der Waals surface area contributed by atoms with E-state index in [-0.39, 0.29) is 11.7 Å². The van der Waals surface area contributed by atoms with E-state index in [2.05, 4.69) is 5.32 Å². The van der Waals surface area contributed by atoms with Crippen molar-refractivity contribution in [2.24, 2.45) is 0 Å². The first-order valence-corrected chi connectivity index (χ1v) is 7.00. The number of aryl methyl sites for hydroxylation is 1. The summed E-state index contributed by atoms with van der Waals surface area (Å²) in [4.78, 5) is 12.4. The highest BCUT2D eigenvalue weighted by atomic mass is 19.1. The van der Waals surface area contributed by atoms with Gasteiger partial charge in [-0.15, -0.1) is 0 Å². The van der Waals surface area contributed by atoms with Crippen LogP contribution in [0.2, 0.25) is 0 Å². The van der Waals surface area contributed by atoms with Crippen LogP contribution in [0.3, 0.4) is 0 Å². The quantitative estimate of drug-likeness (QED) is 0.911. The predicted molar refractivity (Wildman–Crippen MR) is 82.5 cm³/mol. The third-order valence-electron chi connectivity index (χ3n) is 3.74. The molecule has 2 aromatic carbocycles. The number of carbonyl (C=O) groups is 1. The number of nitrogens with one attached hydrogen (secondary N) is 1. The fourth-order valence-corrected chi connectivity index (χ4v) is 2.21. The molecule has 0 aliphatic carbocycles. The van der Waals surface area contributed by atoms with Crippen molar-refractivity contribution in [3.8, 4) is 0 Å². The van der Waals surface area contributed by atoms with Crippen LogP contribution >= 0.6 is 0 Å². The van der Waals surface area contributed by atoms with Crippen molar-refractivity contribution >= 4 is 5.91 Å². The third kappa shape index (κ3) is 3.48. The van der Waals surface area contributed by atoms with Gasteiger partial charge in [0, 0.05) is 6.54 Å². The van der Waals surface area contributed by atoms with Crippen LogP contribution in [0, 0.1) is 12.7 Å². The van der Waals surface area contributed by atoms with Crippen molar-refractivity contribution in [1.29, 1.82) is 0 Å². The third-order valence-corrected chi connectivity index (χ3v) is 3.74. The second-order valence-corrected chi connectivity index (χ2v) is 5.76. The minimum atomic E-state index is -0.601. The van der Waals surface area contributed by atoms with Gasteiger partial charge in [0.1, 0.15) is 5.82 Å². The van der Waals surface area contributed by atoms with E-state index in [0.29, 0.717) is 12.1 Å². The SMILES string of the molecule is Cc1cc(CNC(=O)C(C)(C)c2ccccc2)ccc1F. The molecule has 0 fully saturated rings. The van der Waals surface area contributed by atoms with Crippen LogP contribution in [-0.4, -0.2) is 5.91 Å². The average Bonchev–Trinajstić information content (AvgIpc) is 2.49. The fraction of sp³-hybridized carbons (Fsp3) is 0.278. The summed E-state index contributed by atoms with van der Waals surface area (Å²) in [7, 11) is 0.